The van der Waals surface area contributed by atoms with E-state index in [0.717, 1.165) is 44.9 Å². The van der Waals surface area contributed by atoms with Crippen LogP contribution in [-0.4, -0.2) is 25.3 Å². The van der Waals surface area contributed by atoms with Gasteiger partial charge in [0.1, 0.15) is 5.82 Å². The Hall–Kier alpha value is -0.970. The van der Waals surface area contributed by atoms with Crippen molar-refractivity contribution in [2.75, 3.05) is 14.2 Å². The summed E-state index contributed by atoms with van der Waals surface area (Å²) in [4.78, 5) is 0. The van der Waals surface area contributed by atoms with E-state index in [4.69, 9.17) is 9.47 Å². The number of ether oxygens (including phenoxy) is 2. The maximum atomic E-state index is 12.9. The van der Waals surface area contributed by atoms with Crippen molar-refractivity contribution in [3.05, 3.63) is 35.6 Å². The average Bonchev–Trinajstić information content (AvgIpc) is 2.69. The van der Waals surface area contributed by atoms with Crippen molar-refractivity contribution in [3.8, 4) is 0 Å². The lowest BCUT2D eigenvalue weighted by Gasteiger charge is -2.33. The highest BCUT2D eigenvalue weighted by atomic mass is 19.1. The van der Waals surface area contributed by atoms with E-state index in [1.54, 1.807) is 0 Å². The number of hydrogen-bond donors (Lipinski definition) is 1. The average molecular weight is 383 g/mol. The van der Waals surface area contributed by atoms with Crippen LogP contribution in [0, 0.1) is 11.7 Å². The molecular weight excluding hydrogens is 343 g/mol. The second kappa shape index (κ2) is 14.1. The molecule has 0 aliphatic carbocycles. The van der Waals surface area contributed by atoms with Gasteiger partial charge in [-0.25, -0.2) is 4.39 Å². The second-order valence-corrected chi connectivity index (χ2v) is 7.52. The number of benzene rings is 1. The Balaban J connectivity index is 2.33. The molecule has 0 bridgehead atoms. The summed E-state index contributed by atoms with van der Waals surface area (Å²) in [5.74, 6) is -1.68. The summed E-state index contributed by atoms with van der Waals surface area (Å²) in [6.07, 6.45) is 13.3. The van der Waals surface area contributed by atoms with Crippen LogP contribution in [0.15, 0.2) is 24.3 Å². The molecule has 1 rings (SSSR count). The van der Waals surface area contributed by atoms with Gasteiger partial charge in [0.05, 0.1) is 0 Å². The first-order valence-electron chi connectivity index (χ1n) is 10.6. The summed E-state index contributed by atoms with van der Waals surface area (Å²) in [5, 5.41) is 10.6. The van der Waals surface area contributed by atoms with E-state index in [0.29, 0.717) is 0 Å². The molecule has 27 heavy (non-hydrogen) atoms. The van der Waals surface area contributed by atoms with Crippen molar-refractivity contribution in [2.24, 2.45) is 5.92 Å². The van der Waals surface area contributed by atoms with Gasteiger partial charge in [-0.05, 0) is 43.4 Å². The lowest BCUT2D eigenvalue weighted by atomic mass is 9.91. The zero-order valence-electron chi connectivity index (χ0n) is 17.5. The molecule has 0 spiro atoms. The Bertz CT molecular complexity index is 471. The Labute approximate surface area is 165 Å². The van der Waals surface area contributed by atoms with Gasteiger partial charge in [-0.3, -0.25) is 0 Å². The molecule has 1 N–H and O–H groups in total. The van der Waals surface area contributed by atoms with Crippen LogP contribution in [0.2, 0.25) is 0 Å². The minimum atomic E-state index is -1.49. The fraction of sp³-hybridized carbons (Fsp3) is 0.739. The molecule has 1 unspecified atom stereocenters. The second-order valence-electron chi connectivity index (χ2n) is 7.52. The highest BCUT2D eigenvalue weighted by Gasteiger charge is 2.36. The first-order chi connectivity index (χ1) is 13.1. The van der Waals surface area contributed by atoms with E-state index < -0.39 is 5.97 Å². The quantitative estimate of drug-likeness (QED) is 0.272. The molecule has 3 nitrogen and oxygen atoms in total. The van der Waals surface area contributed by atoms with E-state index in [-0.39, 0.29) is 11.7 Å². The summed E-state index contributed by atoms with van der Waals surface area (Å²) >= 11 is 0. The molecule has 4 heteroatoms. The van der Waals surface area contributed by atoms with Crippen LogP contribution in [0.3, 0.4) is 0 Å². The van der Waals surface area contributed by atoms with Gasteiger partial charge in [-0.15, -0.1) is 0 Å². The Morgan fingerprint density at radius 1 is 0.852 bits per heavy atom. The van der Waals surface area contributed by atoms with Gasteiger partial charge in [0.2, 0.25) is 0 Å². The van der Waals surface area contributed by atoms with Crippen molar-refractivity contribution in [2.45, 2.75) is 89.9 Å². The van der Waals surface area contributed by atoms with Gasteiger partial charge in [0.15, 0.2) is 0 Å². The summed E-state index contributed by atoms with van der Waals surface area (Å²) in [5.41, 5.74) is 1.17. The molecule has 156 valence electrons. The van der Waals surface area contributed by atoms with E-state index >= 15 is 0 Å². The standard InChI is InChI=1S/C23H39FO3/c1-4-5-6-7-8-11-14-21(23(25,26-2)27-3)15-12-9-10-13-20-16-18-22(24)19-17-20/h16-19,21,25H,4-15H2,1-3H3. The molecule has 1 aromatic rings. The number of unbranched alkanes of at least 4 members (excludes halogenated alkanes) is 7. The highest BCUT2D eigenvalue weighted by molar-refractivity contribution is 5.15. The van der Waals surface area contributed by atoms with Crippen LogP contribution in [0.5, 0.6) is 0 Å². The molecule has 0 aromatic heterocycles. The Kier molecular flexibility index (Phi) is 12.6. The van der Waals surface area contributed by atoms with Gasteiger partial charge >= 0.3 is 0 Å². The number of aryl methyl sites for hydroxylation is 1. The molecule has 0 aliphatic rings. The number of rotatable bonds is 16. The van der Waals surface area contributed by atoms with Crippen LogP contribution in [0.1, 0.15) is 83.1 Å². The van der Waals surface area contributed by atoms with E-state index in [9.17, 15) is 9.50 Å². The predicted octanol–water partition coefficient (Wildman–Crippen LogP) is 6.23. The van der Waals surface area contributed by atoms with Gasteiger partial charge in [0.25, 0.3) is 5.97 Å². The molecule has 0 fully saturated rings. The van der Waals surface area contributed by atoms with Crippen LogP contribution in [0.4, 0.5) is 4.39 Å². The van der Waals surface area contributed by atoms with Crippen molar-refractivity contribution >= 4 is 0 Å². The van der Waals surface area contributed by atoms with Crippen molar-refractivity contribution in [1.82, 2.24) is 0 Å². The largest absolute Gasteiger partial charge is 0.343 e. The maximum absolute atomic E-state index is 12.9. The maximum Gasteiger partial charge on any atom is 0.282 e. The molecule has 0 heterocycles. The SMILES string of the molecule is CCCCCCCCC(CCCCCc1ccc(F)cc1)C(O)(OC)OC. The van der Waals surface area contributed by atoms with Crippen molar-refractivity contribution < 1.29 is 19.0 Å². The predicted molar refractivity (Wildman–Crippen MR) is 109 cm³/mol. The molecular formula is C23H39FO3. The molecule has 0 aliphatic heterocycles. The fourth-order valence-electron chi connectivity index (χ4n) is 3.64. The molecule has 0 amide bonds. The summed E-state index contributed by atoms with van der Waals surface area (Å²) in [7, 11) is 3.01. The number of aliphatic hydroxyl groups is 1. The fourth-order valence-corrected chi connectivity index (χ4v) is 3.64. The Morgan fingerprint density at radius 2 is 1.37 bits per heavy atom. The summed E-state index contributed by atoms with van der Waals surface area (Å²) in [6.45, 7) is 2.23. The van der Waals surface area contributed by atoms with Gasteiger partial charge < -0.3 is 14.6 Å². The molecule has 0 radical (unpaired) electrons. The lowest BCUT2D eigenvalue weighted by molar-refractivity contribution is -0.369. The van der Waals surface area contributed by atoms with Crippen LogP contribution < -0.4 is 0 Å². The summed E-state index contributed by atoms with van der Waals surface area (Å²) < 4.78 is 23.5. The van der Waals surface area contributed by atoms with Crippen LogP contribution in [0.25, 0.3) is 0 Å². The highest BCUT2D eigenvalue weighted by Crippen LogP contribution is 2.30. The smallest absolute Gasteiger partial charge is 0.282 e. The Morgan fingerprint density at radius 3 is 1.93 bits per heavy atom. The van der Waals surface area contributed by atoms with Crippen molar-refractivity contribution in [1.29, 1.82) is 0 Å². The van der Waals surface area contributed by atoms with E-state index in [2.05, 4.69) is 6.92 Å². The number of hydrogen-bond acceptors (Lipinski definition) is 3. The monoisotopic (exact) mass is 382 g/mol. The zero-order chi connectivity index (χ0) is 20.0. The normalized spacial score (nSPS) is 13.1. The molecule has 1 atom stereocenters. The van der Waals surface area contributed by atoms with Gasteiger partial charge in [-0.2, -0.15) is 0 Å². The number of methoxy groups -OCH3 is 2. The van der Waals surface area contributed by atoms with Gasteiger partial charge in [0, 0.05) is 20.1 Å². The molecule has 1 aromatic carbocycles. The third-order valence-electron chi connectivity index (χ3n) is 5.44. The minimum absolute atomic E-state index is 0.00973. The van der Waals surface area contributed by atoms with E-state index in [1.165, 1.54) is 64.0 Å². The van der Waals surface area contributed by atoms with Crippen molar-refractivity contribution in [3.63, 3.8) is 0 Å². The van der Waals surface area contributed by atoms with Gasteiger partial charge in [-0.1, -0.05) is 70.4 Å². The topological polar surface area (TPSA) is 38.7 Å². The lowest BCUT2D eigenvalue weighted by Crippen LogP contribution is -2.42. The first kappa shape index (κ1) is 24.1. The minimum Gasteiger partial charge on any atom is -0.343 e. The van der Waals surface area contributed by atoms with Crippen LogP contribution >= 0.6 is 0 Å². The van der Waals surface area contributed by atoms with E-state index in [1.807, 2.05) is 12.1 Å². The third kappa shape index (κ3) is 9.68. The molecule has 0 saturated heterocycles. The molecule has 0 saturated carbocycles. The third-order valence-corrected chi connectivity index (χ3v) is 5.44. The number of halogens is 1. The van der Waals surface area contributed by atoms with Crippen LogP contribution in [-0.2, 0) is 15.9 Å². The zero-order valence-corrected chi connectivity index (χ0v) is 17.5. The first-order valence-corrected chi connectivity index (χ1v) is 10.6. The summed E-state index contributed by atoms with van der Waals surface area (Å²) in [6, 6.07) is 6.74.